The lowest BCUT2D eigenvalue weighted by Gasteiger charge is -2.30. The van der Waals surface area contributed by atoms with Crippen LogP contribution in [0.15, 0.2) is 182 Å². The summed E-state index contributed by atoms with van der Waals surface area (Å²) in [6.45, 7) is 8.92. The number of benzene rings is 6. The summed E-state index contributed by atoms with van der Waals surface area (Å²) in [4.78, 5) is 0. The fourth-order valence-corrected chi connectivity index (χ4v) is 12.5. The van der Waals surface area contributed by atoms with Crippen LogP contribution in [0.3, 0.4) is 0 Å². The molecule has 0 aliphatic rings. The maximum Gasteiger partial charge on any atom is 0.0541 e. The van der Waals surface area contributed by atoms with Gasteiger partial charge in [0, 0.05) is 33.9 Å². The Hall–Kier alpha value is -5.26. The van der Waals surface area contributed by atoms with Crippen molar-refractivity contribution in [1.29, 1.82) is 0 Å². The van der Waals surface area contributed by atoms with E-state index in [-0.39, 0.29) is 0 Å². The highest BCUT2D eigenvalue weighted by atomic mass is 31.1. The second kappa shape index (κ2) is 14.8. The van der Waals surface area contributed by atoms with Gasteiger partial charge in [0.1, 0.15) is 0 Å². The van der Waals surface area contributed by atoms with Gasteiger partial charge in [0.25, 0.3) is 0 Å². The van der Waals surface area contributed by atoms with Crippen LogP contribution < -0.4 is 31.8 Å². The number of hydrogen-bond acceptors (Lipinski definition) is 0. The summed E-state index contributed by atoms with van der Waals surface area (Å²) in [5.41, 5.74) is 9.90. The summed E-state index contributed by atoms with van der Waals surface area (Å²) in [6, 6.07) is 67.6. The zero-order chi connectivity index (χ0) is 35.6. The highest BCUT2D eigenvalue weighted by molar-refractivity contribution is 7.80. The van der Waals surface area contributed by atoms with Crippen LogP contribution >= 0.6 is 15.8 Å². The van der Waals surface area contributed by atoms with E-state index in [1.165, 1.54) is 77.1 Å². The molecular weight excluding hydrogens is 666 g/mol. The lowest BCUT2D eigenvalue weighted by molar-refractivity contribution is 0.958. The lowest BCUT2D eigenvalue weighted by atomic mass is 10.00. The van der Waals surface area contributed by atoms with Gasteiger partial charge >= 0.3 is 0 Å². The minimum Gasteiger partial charge on any atom is -0.318 e. The first-order valence-corrected chi connectivity index (χ1v) is 20.6. The van der Waals surface area contributed by atoms with Gasteiger partial charge in [0.2, 0.25) is 0 Å². The number of aromatic nitrogens is 2. The third-order valence-corrected chi connectivity index (χ3v) is 14.8. The number of nitrogens with zero attached hydrogens (tertiary/aromatic N) is 2. The Morgan fingerprint density at radius 2 is 0.558 bits per heavy atom. The van der Waals surface area contributed by atoms with E-state index in [1.807, 2.05) is 0 Å². The Labute approximate surface area is 310 Å². The first-order chi connectivity index (χ1) is 25.5. The third-order valence-electron chi connectivity index (χ3n) is 9.85. The average Bonchev–Trinajstić information content (AvgIpc) is 3.71. The quantitative estimate of drug-likeness (QED) is 0.132. The largest absolute Gasteiger partial charge is 0.318 e. The summed E-state index contributed by atoms with van der Waals surface area (Å²) in [5.74, 6) is 0. The Balaban J connectivity index is 1.57. The monoisotopic (exact) mass is 708 g/mol. The van der Waals surface area contributed by atoms with E-state index in [0.717, 1.165) is 0 Å². The molecule has 254 valence electrons. The van der Waals surface area contributed by atoms with Gasteiger partial charge in [-0.3, -0.25) is 0 Å². The van der Waals surface area contributed by atoms with Crippen molar-refractivity contribution in [2.75, 3.05) is 0 Å². The van der Waals surface area contributed by atoms with Gasteiger partial charge in [-0.15, -0.1) is 0 Å². The first kappa shape index (κ1) is 33.9. The van der Waals surface area contributed by atoms with Gasteiger partial charge < -0.3 is 9.13 Å². The minimum absolute atomic E-state index is 0.943. The molecule has 0 fully saturated rings. The average molecular weight is 709 g/mol. The van der Waals surface area contributed by atoms with Gasteiger partial charge in [0.05, 0.1) is 11.4 Å². The van der Waals surface area contributed by atoms with Gasteiger partial charge in [0.15, 0.2) is 0 Å². The van der Waals surface area contributed by atoms with Crippen molar-refractivity contribution in [1.82, 2.24) is 9.13 Å². The van der Waals surface area contributed by atoms with E-state index in [4.69, 9.17) is 0 Å². The zero-order valence-electron chi connectivity index (χ0n) is 30.1. The molecule has 0 amide bonds. The molecule has 0 saturated heterocycles. The van der Waals surface area contributed by atoms with Crippen LogP contribution in [0.2, 0.25) is 0 Å². The molecule has 52 heavy (non-hydrogen) atoms. The van der Waals surface area contributed by atoms with E-state index in [9.17, 15) is 0 Å². The molecule has 0 unspecified atom stereocenters. The number of rotatable bonds is 9. The van der Waals surface area contributed by atoms with Crippen LogP contribution in [-0.2, 0) is 0 Å². The van der Waals surface area contributed by atoms with Crippen molar-refractivity contribution >= 4 is 47.7 Å². The minimum atomic E-state index is -0.943. The molecule has 0 N–H and O–H groups in total. The van der Waals surface area contributed by atoms with E-state index in [0.29, 0.717) is 0 Å². The van der Waals surface area contributed by atoms with E-state index >= 15 is 0 Å². The maximum atomic E-state index is 2.46. The topological polar surface area (TPSA) is 9.86 Å². The molecule has 2 aromatic heterocycles. The molecule has 0 aliphatic heterocycles. The van der Waals surface area contributed by atoms with Gasteiger partial charge in [-0.05, 0) is 112 Å². The predicted molar refractivity (Wildman–Crippen MR) is 227 cm³/mol. The molecule has 2 nitrogen and oxygen atoms in total. The molecule has 8 rings (SSSR count). The second-order valence-electron chi connectivity index (χ2n) is 13.3. The molecule has 0 saturated carbocycles. The molecule has 0 bridgehead atoms. The van der Waals surface area contributed by atoms with E-state index < -0.39 is 15.8 Å². The summed E-state index contributed by atoms with van der Waals surface area (Å²) < 4.78 is 4.93. The molecule has 8 aromatic rings. The molecule has 0 atom stereocenters. The Kier molecular flexibility index (Phi) is 9.62. The Morgan fingerprint density at radius 1 is 0.288 bits per heavy atom. The summed E-state index contributed by atoms with van der Waals surface area (Å²) in [6.07, 6.45) is 0. The second-order valence-corrected chi connectivity index (χ2v) is 17.6. The maximum absolute atomic E-state index is 2.46. The van der Waals surface area contributed by atoms with Crippen LogP contribution in [-0.4, -0.2) is 9.13 Å². The molecule has 0 radical (unpaired) electrons. The fourth-order valence-electron chi connectivity index (χ4n) is 7.57. The molecule has 4 heteroatoms. The van der Waals surface area contributed by atoms with Crippen molar-refractivity contribution in [3.05, 3.63) is 205 Å². The van der Waals surface area contributed by atoms with Crippen LogP contribution in [0.4, 0.5) is 0 Å². The third kappa shape index (κ3) is 6.28. The molecule has 0 aliphatic carbocycles. The summed E-state index contributed by atoms with van der Waals surface area (Å²) in [7, 11) is -1.89. The van der Waals surface area contributed by atoms with Crippen molar-refractivity contribution in [2.24, 2.45) is 0 Å². The summed E-state index contributed by atoms with van der Waals surface area (Å²) >= 11 is 0. The van der Waals surface area contributed by atoms with Crippen LogP contribution in [0.25, 0.3) is 22.5 Å². The van der Waals surface area contributed by atoms with Crippen LogP contribution in [0.1, 0.15) is 22.8 Å². The van der Waals surface area contributed by atoms with Crippen molar-refractivity contribution in [3.8, 4) is 22.5 Å². The Bertz CT molecular complexity index is 2150. The van der Waals surface area contributed by atoms with Crippen molar-refractivity contribution in [2.45, 2.75) is 27.7 Å². The van der Waals surface area contributed by atoms with E-state index in [2.05, 4.69) is 219 Å². The lowest BCUT2D eigenvalue weighted by Crippen LogP contribution is -2.28. The molecule has 0 spiro atoms. The van der Waals surface area contributed by atoms with Crippen LogP contribution in [0.5, 0.6) is 0 Å². The van der Waals surface area contributed by atoms with Crippen LogP contribution in [0, 0.1) is 27.7 Å². The van der Waals surface area contributed by atoms with E-state index in [1.54, 1.807) is 0 Å². The SMILES string of the molecule is Cc1ccc(C)n1-c1cccc(P(c2ccccc2)c2ccccc2)c1-c1c(-n2c(C)ccc2C)cccc1P(c1ccccc1)c1ccccc1. The number of aryl methyl sites for hydroxylation is 4. The standard InChI is InChI=1S/C48H42N2P2/c1-35-31-32-36(2)49(35)43-27-17-29-45(51(39-19-9-5-10-20-39)40-21-11-6-12-22-40)47(43)48-44(50-37(3)33-34-38(50)4)28-18-30-46(48)52(41-23-13-7-14-24-41)42-25-15-8-16-26-42/h5-34H,1-4H3. The molecule has 2 heterocycles. The smallest absolute Gasteiger partial charge is 0.0541 e. The highest BCUT2D eigenvalue weighted by Gasteiger charge is 2.30. The predicted octanol–water partition coefficient (Wildman–Crippen LogP) is 9.69. The molecular formula is C48H42N2P2. The van der Waals surface area contributed by atoms with Gasteiger partial charge in [-0.25, -0.2) is 0 Å². The summed E-state index contributed by atoms with van der Waals surface area (Å²) in [5, 5.41) is 8.05. The number of hydrogen-bond donors (Lipinski definition) is 0. The van der Waals surface area contributed by atoms with Crippen molar-refractivity contribution < 1.29 is 0 Å². The normalized spacial score (nSPS) is 11.4. The zero-order valence-corrected chi connectivity index (χ0v) is 31.9. The van der Waals surface area contributed by atoms with Gasteiger partial charge in [-0.1, -0.05) is 146 Å². The highest BCUT2D eigenvalue weighted by Crippen LogP contribution is 2.45. The Morgan fingerprint density at radius 3 is 0.827 bits per heavy atom. The fraction of sp³-hybridized carbons (Fsp3) is 0.0833. The van der Waals surface area contributed by atoms with Crippen molar-refractivity contribution in [3.63, 3.8) is 0 Å². The first-order valence-electron chi connectivity index (χ1n) is 17.9. The molecule has 6 aromatic carbocycles. The van der Waals surface area contributed by atoms with Gasteiger partial charge in [-0.2, -0.15) is 0 Å².